The highest BCUT2D eigenvalue weighted by Crippen LogP contribution is 2.19. The normalized spacial score (nSPS) is 13.5. The Morgan fingerprint density at radius 2 is 2.15 bits per heavy atom. The van der Waals surface area contributed by atoms with Crippen LogP contribution in [0.3, 0.4) is 0 Å². The molecule has 0 atom stereocenters. The van der Waals surface area contributed by atoms with E-state index in [4.69, 9.17) is 0 Å². The summed E-state index contributed by atoms with van der Waals surface area (Å²) >= 11 is 0. The van der Waals surface area contributed by atoms with E-state index < -0.39 is 0 Å². The Hall–Kier alpha value is -2.37. The summed E-state index contributed by atoms with van der Waals surface area (Å²) in [6.45, 7) is 1.74. The van der Waals surface area contributed by atoms with Crippen LogP contribution in [0, 0.1) is 5.82 Å². The first-order valence-corrected chi connectivity index (χ1v) is 6.50. The van der Waals surface area contributed by atoms with Crippen LogP contribution in [-0.4, -0.2) is 29.1 Å². The molecule has 5 nitrogen and oxygen atoms in total. The number of halogens is 1. The van der Waals surface area contributed by atoms with Crippen LogP contribution in [0.4, 0.5) is 16.0 Å². The van der Waals surface area contributed by atoms with Crippen LogP contribution in [0.25, 0.3) is 0 Å². The second-order valence-electron chi connectivity index (χ2n) is 4.76. The number of nitrogens with zero attached hydrogens (tertiary/aromatic N) is 3. The van der Waals surface area contributed by atoms with Crippen LogP contribution < -0.4 is 10.2 Å². The smallest absolute Gasteiger partial charge is 0.278 e. The van der Waals surface area contributed by atoms with Gasteiger partial charge in [-0.1, -0.05) is 0 Å². The van der Waals surface area contributed by atoms with Crippen molar-refractivity contribution in [1.29, 1.82) is 0 Å². The Morgan fingerprint density at radius 1 is 1.40 bits per heavy atom. The summed E-state index contributed by atoms with van der Waals surface area (Å²) in [5.74, 6) is 0.198. The molecule has 0 aliphatic carbocycles. The topological polar surface area (TPSA) is 50.2 Å². The van der Waals surface area contributed by atoms with E-state index in [2.05, 4.69) is 10.3 Å². The summed E-state index contributed by atoms with van der Waals surface area (Å²) in [4.78, 5) is 18.1. The molecule has 3 rings (SSSR count). The molecule has 0 saturated carbocycles. The van der Waals surface area contributed by atoms with Gasteiger partial charge in [-0.05, 0) is 30.7 Å². The lowest BCUT2D eigenvalue weighted by Crippen LogP contribution is -2.26. The Bertz CT molecular complexity index is 612. The summed E-state index contributed by atoms with van der Waals surface area (Å²) in [5, 5.41) is 3.16. The summed E-state index contributed by atoms with van der Waals surface area (Å²) in [6.07, 6.45) is 2.77. The molecule has 6 heteroatoms. The third-order valence-corrected chi connectivity index (χ3v) is 3.37. The minimum absolute atomic E-state index is 0.208. The molecule has 0 spiro atoms. The minimum Gasteiger partial charge on any atom is -0.356 e. The average molecular weight is 274 g/mol. The highest BCUT2D eigenvalue weighted by atomic mass is 19.1. The Morgan fingerprint density at radius 3 is 2.85 bits per heavy atom. The summed E-state index contributed by atoms with van der Waals surface area (Å²) in [6, 6.07) is 5.81. The maximum Gasteiger partial charge on any atom is 0.278 e. The highest BCUT2D eigenvalue weighted by molar-refractivity contribution is 6.04. The van der Waals surface area contributed by atoms with Gasteiger partial charge in [0.05, 0.1) is 0 Å². The number of aryl methyl sites for hydroxylation is 1. The van der Waals surface area contributed by atoms with Gasteiger partial charge in [0, 0.05) is 32.0 Å². The third kappa shape index (κ3) is 2.24. The van der Waals surface area contributed by atoms with Crippen LogP contribution in [-0.2, 0) is 6.54 Å². The maximum absolute atomic E-state index is 12.9. The van der Waals surface area contributed by atoms with E-state index in [1.54, 1.807) is 25.4 Å². The molecule has 2 heterocycles. The molecular formula is C14H15FN4O. The van der Waals surface area contributed by atoms with Crippen molar-refractivity contribution >= 4 is 17.5 Å². The molecule has 2 aromatic rings. The molecule has 1 aromatic carbocycles. The second kappa shape index (κ2) is 4.96. The van der Waals surface area contributed by atoms with E-state index in [0.717, 1.165) is 25.5 Å². The van der Waals surface area contributed by atoms with Crippen molar-refractivity contribution in [2.75, 3.05) is 23.8 Å². The number of fused-ring (bicyclic) bond motifs is 1. The van der Waals surface area contributed by atoms with Crippen molar-refractivity contribution in [3.05, 3.63) is 42.0 Å². The molecule has 1 amide bonds. The zero-order valence-corrected chi connectivity index (χ0v) is 11.1. The monoisotopic (exact) mass is 274 g/mol. The molecule has 1 N–H and O–H groups in total. The number of carbonyl (C=O) groups is 1. The van der Waals surface area contributed by atoms with Crippen molar-refractivity contribution < 1.29 is 9.18 Å². The van der Waals surface area contributed by atoms with E-state index in [9.17, 15) is 9.18 Å². The number of hydrogen-bond acceptors (Lipinski definition) is 3. The first-order chi connectivity index (χ1) is 9.65. The third-order valence-electron chi connectivity index (χ3n) is 3.37. The number of carbonyl (C=O) groups excluding carboxylic acids is 1. The van der Waals surface area contributed by atoms with E-state index in [1.165, 1.54) is 17.0 Å². The van der Waals surface area contributed by atoms with Gasteiger partial charge < -0.3 is 14.8 Å². The number of aromatic nitrogens is 2. The zero-order chi connectivity index (χ0) is 14.1. The Balaban J connectivity index is 1.84. The van der Waals surface area contributed by atoms with Gasteiger partial charge in [-0.15, -0.1) is 0 Å². The Kier molecular flexibility index (Phi) is 3.14. The summed E-state index contributed by atoms with van der Waals surface area (Å²) < 4.78 is 14.8. The van der Waals surface area contributed by atoms with E-state index in [-0.39, 0.29) is 11.7 Å². The predicted octanol–water partition coefficient (Wildman–Crippen LogP) is 2.11. The highest BCUT2D eigenvalue weighted by Gasteiger charge is 2.20. The van der Waals surface area contributed by atoms with Crippen LogP contribution in [0.2, 0.25) is 0 Å². The van der Waals surface area contributed by atoms with Crippen LogP contribution in [0.15, 0.2) is 30.5 Å². The molecule has 1 aliphatic heterocycles. The van der Waals surface area contributed by atoms with Gasteiger partial charge in [-0.25, -0.2) is 9.37 Å². The summed E-state index contributed by atoms with van der Waals surface area (Å²) in [5.41, 5.74) is 1.02. The lowest BCUT2D eigenvalue weighted by molar-refractivity contribution is 0.0988. The van der Waals surface area contributed by atoms with Crippen molar-refractivity contribution in [2.45, 2.75) is 13.0 Å². The van der Waals surface area contributed by atoms with Gasteiger partial charge in [0.25, 0.3) is 5.91 Å². The number of rotatable bonds is 2. The van der Waals surface area contributed by atoms with Gasteiger partial charge in [0.2, 0.25) is 5.95 Å². The fourth-order valence-electron chi connectivity index (χ4n) is 2.23. The van der Waals surface area contributed by atoms with Crippen molar-refractivity contribution in [3.63, 3.8) is 0 Å². The number of hydrogen-bond donors (Lipinski definition) is 1. The maximum atomic E-state index is 12.9. The van der Waals surface area contributed by atoms with Gasteiger partial charge in [-0.2, -0.15) is 0 Å². The van der Waals surface area contributed by atoms with E-state index >= 15 is 0 Å². The first-order valence-electron chi connectivity index (χ1n) is 6.50. The quantitative estimate of drug-likeness (QED) is 0.912. The Labute approximate surface area is 116 Å². The fourth-order valence-corrected chi connectivity index (χ4v) is 2.23. The number of nitrogens with one attached hydrogen (secondary N) is 1. The van der Waals surface area contributed by atoms with Crippen LogP contribution in [0.1, 0.15) is 16.9 Å². The van der Waals surface area contributed by atoms with Crippen molar-refractivity contribution in [2.24, 2.45) is 0 Å². The predicted molar refractivity (Wildman–Crippen MR) is 74.5 cm³/mol. The standard InChI is InChI=1S/C14H15FN4O/c1-18(11-5-3-10(15)4-6-11)13(20)12-9-19-8-2-7-16-14(19)17-12/h3-6,9H,2,7-8H2,1H3,(H,16,17). The van der Waals surface area contributed by atoms with Gasteiger partial charge in [0.15, 0.2) is 0 Å². The average Bonchev–Trinajstić information content (AvgIpc) is 2.90. The van der Waals surface area contributed by atoms with Crippen LogP contribution in [0.5, 0.6) is 0 Å². The van der Waals surface area contributed by atoms with E-state index in [0.29, 0.717) is 11.4 Å². The number of imidazole rings is 1. The molecule has 1 aliphatic rings. The first kappa shape index (κ1) is 12.7. The molecule has 104 valence electrons. The van der Waals surface area contributed by atoms with Gasteiger partial charge in [-0.3, -0.25) is 4.79 Å². The minimum atomic E-state index is -0.323. The van der Waals surface area contributed by atoms with Crippen molar-refractivity contribution in [3.8, 4) is 0 Å². The lowest BCUT2D eigenvalue weighted by Gasteiger charge is -2.15. The number of benzene rings is 1. The van der Waals surface area contributed by atoms with Crippen LogP contribution >= 0.6 is 0 Å². The van der Waals surface area contributed by atoms with E-state index in [1.807, 2.05) is 4.57 Å². The zero-order valence-electron chi connectivity index (χ0n) is 11.1. The fraction of sp³-hybridized carbons (Fsp3) is 0.286. The summed E-state index contributed by atoms with van der Waals surface area (Å²) in [7, 11) is 1.65. The number of amides is 1. The molecule has 0 saturated heterocycles. The molecule has 0 fully saturated rings. The molecule has 1 aromatic heterocycles. The van der Waals surface area contributed by atoms with Crippen molar-refractivity contribution in [1.82, 2.24) is 9.55 Å². The molecule has 0 radical (unpaired) electrons. The lowest BCUT2D eigenvalue weighted by atomic mass is 10.2. The van der Waals surface area contributed by atoms with Gasteiger partial charge in [0.1, 0.15) is 11.5 Å². The van der Waals surface area contributed by atoms with Gasteiger partial charge >= 0.3 is 0 Å². The second-order valence-corrected chi connectivity index (χ2v) is 4.76. The largest absolute Gasteiger partial charge is 0.356 e. The molecule has 0 bridgehead atoms. The SMILES string of the molecule is CN(C(=O)c1cn2c(n1)NCCC2)c1ccc(F)cc1. The molecular weight excluding hydrogens is 259 g/mol. The number of anilines is 2. The molecule has 0 unspecified atom stereocenters. The molecule has 20 heavy (non-hydrogen) atoms.